The molecule has 7 heteroatoms. The van der Waals surface area contributed by atoms with Crippen LogP contribution in [0.4, 0.5) is 8.78 Å². The second-order valence-corrected chi connectivity index (χ2v) is 7.92. The number of hydrogen-bond donors (Lipinski definition) is 0. The van der Waals surface area contributed by atoms with E-state index in [-0.39, 0.29) is 23.8 Å². The second kappa shape index (κ2) is 9.78. The summed E-state index contributed by atoms with van der Waals surface area (Å²) < 4.78 is 37.6. The van der Waals surface area contributed by atoms with Crippen molar-refractivity contribution in [1.82, 2.24) is 4.98 Å². The van der Waals surface area contributed by atoms with Gasteiger partial charge in [-0.15, -0.1) is 11.8 Å². The number of halogens is 2. The van der Waals surface area contributed by atoms with Gasteiger partial charge < -0.3 is 9.47 Å². The molecule has 0 spiro atoms. The number of pyridine rings is 1. The molecule has 0 saturated carbocycles. The number of esters is 1. The van der Waals surface area contributed by atoms with Gasteiger partial charge in [0.1, 0.15) is 34.6 Å². The summed E-state index contributed by atoms with van der Waals surface area (Å²) in [7, 11) is 1.30. The normalized spacial score (nSPS) is 10.8. The Morgan fingerprint density at radius 2 is 1.53 bits per heavy atom. The van der Waals surface area contributed by atoms with Gasteiger partial charge in [-0.05, 0) is 47.5 Å². The molecule has 162 valence electrons. The molecule has 4 aromatic rings. The number of aromatic nitrogens is 1. The van der Waals surface area contributed by atoms with Crippen LogP contribution in [0.3, 0.4) is 0 Å². The number of benzene rings is 3. The summed E-state index contributed by atoms with van der Waals surface area (Å²) in [5.41, 5.74) is 2.52. The fourth-order valence-electron chi connectivity index (χ4n) is 3.17. The molecule has 32 heavy (non-hydrogen) atoms. The molecule has 0 aliphatic rings. The minimum Gasteiger partial charge on any atom is -0.487 e. The van der Waals surface area contributed by atoms with Gasteiger partial charge in [-0.3, -0.25) is 0 Å². The molecule has 0 atom stereocenters. The molecule has 0 saturated heterocycles. The van der Waals surface area contributed by atoms with Crippen LogP contribution in [0.15, 0.2) is 77.8 Å². The number of rotatable bonds is 7. The van der Waals surface area contributed by atoms with Crippen LogP contribution < -0.4 is 4.74 Å². The highest BCUT2D eigenvalue weighted by molar-refractivity contribution is 7.98. The molecule has 4 rings (SSSR count). The first-order valence-corrected chi connectivity index (χ1v) is 10.8. The Morgan fingerprint density at radius 3 is 2.19 bits per heavy atom. The number of carbonyl (C=O) groups is 1. The number of carbonyl (C=O) groups excluding carboxylic acids is 1. The Labute approximate surface area is 188 Å². The van der Waals surface area contributed by atoms with Crippen LogP contribution >= 0.6 is 11.8 Å². The lowest BCUT2D eigenvalue weighted by molar-refractivity contribution is 0.0590. The summed E-state index contributed by atoms with van der Waals surface area (Å²) in [6, 6.07) is 19.5. The maximum absolute atomic E-state index is 13.2. The summed E-state index contributed by atoms with van der Waals surface area (Å²) in [5.74, 6) is -0.382. The van der Waals surface area contributed by atoms with Crippen LogP contribution in [0.5, 0.6) is 5.75 Å². The van der Waals surface area contributed by atoms with Gasteiger partial charge in [0.2, 0.25) is 0 Å². The second-order valence-electron chi connectivity index (χ2n) is 6.96. The lowest BCUT2D eigenvalue weighted by atomic mass is 10.1. The summed E-state index contributed by atoms with van der Waals surface area (Å²) in [6.45, 7) is 0.139. The van der Waals surface area contributed by atoms with Gasteiger partial charge in [-0.25, -0.2) is 18.6 Å². The van der Waals surface area contributed by atoms with Crippen molar-refractivity contribution >= 4 is 28.6 Å². The first-order valence-electron chi connectivity index (χ1n) is 9.80. The zero-order valence-corrected chi connectivity index (χ0v) is 18.0. The third-order valence-electron chi connectivity index (χ3n) is 4.79. The van der Waals surface area contributed by atoms with Crippen molar-refractivity contribution in [2.24, 2.45) is 0 Å². The van der Waals surface area contributed by atoms with Crippen molar-refractivity contribution in [3.8, 4) is 5.75 Å². The zero-order chi connectivity index (χ0) is 22.5. The SMILES string of the molecule is COC(=O)c1c(SCc2ccc(F)cc2)nc2ccccc2c1OCc1ccc(F)cc1. The topological polar surface area (TPSA) is 48.4 Å². The average molecular weight is 451 g/mol. The summed E-state index contributed by atoms with van der Waals surface area (Å²) >= 11 is 1.34. The summed E-state index contributed by atoms with van der Waals surface area (Å²) in [5, 5.41) is 1.12. The van der Waals surface area contributed by atoms with Crippen LogP contribution in [0.2, 0.25) is 0 Å². The van der Waals surface area contributed by atoms with Gasteiger partial charge in [0.25, 0.3) is 0 Å². The van der Waals surface area contributed by atoms with Crippen LogP contribution in [0.25, 0.3) is 10.9 Å². The monoisotopic (exact) mass is 451 g/mol. The first kappa shape index (κ1) is 21.8. The third-order valence-corrected chi connectivity index (χ3v) is 5.83. The average Bonchev–Trinajstić information content (AvgIpc) is 2.82. The minimum absolute atomic E-state index is 0.139. The van der Waals surface area contributed by atoms with E-state index in [1.54, 1.807) is 24.3 Å². The lowest BCUT2D eigenvalue weighted by Crippen LogP contribution is -2.10. The molecular formula is C25H19F2NO3S. The van der Waals surface area contributed by atoms with Gasteiger partial charge in [0.15, 0.2) is 0 Å². The minimum atomic E-state index is -0.570. The highest BCUT2D eigenvalue weighted by Crippen LogP contribution is 2.37. The Balaban J connectivity index is 1.73. The van der Waals surface area contributed by atoms with E-state index in [0.717, 1.165) is 11.1 Å². The van der Waals surface area contributed by atoms with Gasteiger partial charge in [-0.1, -0.05) is 36.4 Å². The van der Waals surface area contributed by atoms with E-state index in [1.807, 2.05) is 24.3 Å². The van der Waals surface area contributed by atoms with Crippen LogP contribution in [-0.2, 0) is 17.1 Å². The van der Waals surface area contributed by atoms with Crippen molar-refractivity contribution < 1.29 is 23.0 Å². The van der Waals surface area contributed by atoms with Crippen LogP contribution in [0, 0.1) is 11.6 Å². The molecule has 1 aromatic heterocycles. The van der Waals surface area contributed by atoms with Crippen LogP contribution in [0.1, 0.15) is 21.5 Å². The number of para-hydroxylation sites is 1. The maximum Gasteiger partial charge on any atom is 0.344 e. The quantitative estimate of drug-likeness (QED) is 0.248. The molecule has 0 bridgehead atoms. The van der Waals surface area contributed by atoms with Gasteiger partial charge in [0, 0.05) is 11.1 Å². The fourth-order valence-corrected chi connectivity index (χ4v) is 4.14. The Bertz CT molecular complexity index is 1240. The number of thioether (sulfide) groups is 1. The molecule has 0 unspecified atom stereocenters. The van der Waals surface area contributed by atoms with Crippen molar-refractivity contribution in [2.45, 2.75) is 17.4 Å². The first-order chi connectivity index (χ1) is 15.5. The molecule has 0 aliphatic carbocycles. The summed E-state index contributed by atoms with van der Waals surface area (Å²) in [6.07, 6.45) is 0. The number of ether oxygens (including phenoxy) is 2. The maximum atomic E-state index is 13.2. The van der Waals surface area contributed by atoms with Crippen molar-refractivity contribution in [2.75, 3.05) is 7.11 Å². The van der Waals surface area contributed by atoms with Crippen LogP contribution in [-0.4, -0.2) is 18.1 Å². The predicted octanol–water partition coefficient (Wildman–Crippen LogP) is 6.17. The third kappa shape index (κ3) is 4.89. The Hall–Kier alpha value is -3.45. The Morgan fingerprint density at radius 1 is 0.906 bits per heavy atom. The molecular weight excluding hydrogens is 432 g/mol. The number of fused-ring (bicyclic) bond motifs is 1. The number of methoxy groups -OCH3 is 1. The Kier molecular flexibility index (Phi) is 6.66. The smallest absolute Gasteiger partial charge is 0.344 e. The van der Waals surface area contributed by atoms with Gasteiger partial charge in [0.05, 0.1) is 12.6 Å². The van der Waals surface area contributed by atoms with Crippen molar-refractivity contribution in [3.05, 3.63) is 101 Å². The van der Waals surface area contributed by atoms with E-state index in [9.17, 15) is 13.6 Å². The molecule has 0 amide bonds. The standard InChI is InChI=1S/C25H19F2NO3S/c1-30-25(29)22-23(31-14-16-6-10-18(26)11-7-16)20-4-2-3-5-21(20)28-24(22)32-15-17-8-12-19(27)13-9-17/h2-13H,14-15H2,1H3. The predicted molar refractivity (Wildman–Crippen MR) is 120 cm³/mol. The number of hydrogen-bond acceptors (Lipinski definition) is 5. The molecule has 1 heterocycles. The highest BCUT2D eigenvalue weighted by Gasteiger charge is 2.24. The molecule has 3 aromatic carbocycles. The molecule has 0 radical (unpaired) electrons. The lowest BCUT2D eigenvalue weighted by Gasteiger charge is -2.16. The van der Waals surface area contributed by atoms with E-state index >= 15 is 0 Å². The fraction of sp³-hybridized carbons (Fsp3) is 0.120. The molecule has 0 aliphatic heterocycles. The van der Waals surface area contributed by atoms with Gasteiger partial charge in [-0.2, -0.15) is 0 Å². The van der Waals surface area contributed by atoms with E-state index in [2.05, 4.69) is 4.98 Å². The van der Waals surface area contributed by atoms with Crippen molar-refractivity contribution in [3.63, 3.8) is 0 Å². The zero-order valence-electron chi connectivity index (χ0n) is 17.2. The molecule has 4 nitrogen and oxygen atoms in total. The number of nitrogens with zero attached hydrogens (tertiary/aromatic N) is 1. The van der Waals surface area contributed by atoms with E-state index in [0.29, 0.717) is 27.4 Å². The van der Waals surface area contributed by atoms with E-state index in [4.69, 9.17) is 9.47 Å². The van der Waals surface area contributed by atoms with E-state index in [1.165, 1.54) is 43.1 Å². The highest BCUT2D eigenvalue weighted by atomic mass is 32.2. The molecule has 0 N–H and O–H groups in total. The summed E-state index contributed by atoms with van der Waals surface area (Å²) in [4.78, 5) is 17.4. The largest absolute Gasteiger partial charge is 0.487 e. The molecule has 0 fully saturated rings. The van der Waals surface area contributed by atoms with Crippen molar-refractivity contribution in [1.29, 1.82) is 0 Å². The van der Waals surface area contributed by atoms with Gasteiger partial charge >= 0.3 is 5.97 Å². The van der Waals surface area contributed by atoms with E-state index < -0.39 is 5.97 Å².